The van der Waals surface area contributed by atoms with Gasteiger partial charge >= 0.3 is 12.6 Å². The zero-order chi connectivity index (χ0) is 30.6. The second-order valence-corrected chi connectivity index (χ2v) is 12.0. The van der Waals surface area contributed by atoms with E-state index in [-0.39, 0.29) is 56.3 Å². The third kappa shape index (κ3) is 7.71. The van der Waals surface area contributed by atoms with Crippen LogP contribution in [0.25, 0.3) is 0 Å². The van der Waals surface area contributed by atoms with Crippen molar-refractivity contribution in [3.63, 3.8) is 0 Å². The number of hydrogen-bond donors (Lipinski definition) is 1. The lowest BCUT2D eigenvalue weighted by Gasteiger charge is -2.22. The number of nitrogens with one attached hydrogen (secondary N) is 1. The van der Waals surface area contributed by atoms with E-state index in [0.717, 1.165) is 31.3 Å². The van der Waals surface area contributed by atoms with Crippen molar-refractivity contribution < 1.29 is 45.7 Å². The van der Waals surface area contributed by atoms with Gasteiger partial charge in [0.1, 0.15) is 26.8 Å². The average molecular weight is 647 g/mol. The lowest BCUT2D eigenvalue weighted by atomic mass is 10.0. The van der Waals surface area contributed by atoms with Crippen molar-refractivity contribution in [2.24, 2.45) is 5.92 Å². The highest BCUT2D eigenvalue weighted by Gasteiger charge is 2.28. The van der Waals surface area contributed by atoms with Crippen LogP contribution in [-0.2, 0) is 21.2 Å². The topological polar surface area (TPSA) is 127 Å². The van der Waals surface area contributed by atoms with E-state index in [1.54, 1.807) is 0 Å². The van der Waals surface area contributed by atoms with Gasteiger partial charge in [-0.25, -0.2) is 17.9 Å². The van der Waals surface area contributed by atoms with Gasteiger partial charge in [0.15, 0.2) is 23.9 Å². The van der Waals surface area contributed by atoms with Crippen LogP contribution in [0.5, 0.6) is 17.2 Å². The van der Waals surface area contributed by atoms with E-state index in [1.807, 2.05) is 0 Å². The molecule has 0 amide bonds. The minimum Gasteiger partial charge on any atom is -0.619 e. The maximum absolute atomic E-state index is 13.4. The van der Waals surface area contributed by atoms with Crippen molar-refractivity contribution in [3.05, 3.63) is 80.7 Å². The summed E-state index contributed by atoms with van der Waals surface area (Å²) in [5, 5.41) is 11.8. The fourth-order valence-corrected chi connectivity index (χ4v) is 5.50. The normalized spacial score (nSPS) is 14.0. The summed E-state index contributed by atoms with van der Waals surface area (Å²) in [6.07, 6.45) is 2.75. The van der Waals surface area contributed by atoms with Crippen LogP contribution in [0.2, 0.25) is 10.0 Å². The highest BCUT2D eigenvalue weighted by atomic mass is 35.5. The summed E-state index contributed by atoms with van der Waals surface area (Å²) in [5.74, 6) is -0.834. The molecule has 0 unspecified atom stereocenters. The summed E-state index contributed by atoms with van der Waals surface area (Å²) in [6.45, 7) is -2.83. The van der Waals surface area contributed by atoms with Gasteiger partial charge in [0.05, 0.1) is 19.3 Å². The molecule has 10 nitrogen and oxygen atoms in total. The zero-order valence-corrected chi connectivity index (χ0v) is 24.6. The lowest BCUT2D eigenvalue weighted by Crippen LogP contribution is -2.25. The molecule has 1 aliphatic rings. The van der Waals surface area contributed by atoms with Crippen LogP contribution in [0.1, 0.15) is 40.4 Å². The van der Waals surface area contributed by atoms with E-state index < -0.39 is 28.7 Å². The number of alkyl halides is 2. The first-order chi connectivity index (χ1) is 19.9. The van der Waals surface area contributed by atoms with Gasteiger partial charge in [-0.2, -0.15) is 13.5 Å². The summed E-state index contributed by atoms with van der Waals surface area (Å²) in [4.78, 5) is 13.1. The Balaban J connectivity index is 1.74. The number of nitrogens with zero attached hydrogens (tertiary/aromatic N) is 1. The van der Waals surface area contributed by atoms with Gasteiger partial charge in [-0.1, -0.05) is 29.3 Å². The second-order valence-electron chi connectivity index (χ2n) is 9.30. The maximum atomic E-state index is 13.4. The summed E-state index contributed by atoms with van der Waals surface area (Å²) in [5.41, 5.74) is 0.447. The number of sulfonamides is 1. The minimum atomic E-state index is -4.01. The van der Waals surface area contributed by atoms with E-state index in [0.29, 0.717) is 16.2 Å². The molecule has 1 aliphatic carbocycles. The largest absolute Gasteiger partial charge is 0.619 e. The first-order valence-corrected chi connectivity index (χ1v) is 14.8. The molecule has 4 rings (SSSR count). The Hall–Kier alpha value is -3.39. The number of methoxy groups -OCH3 is 1. The molecule has 2 aromatic carbocycles. The summed E-state index contributed by atoms with van der Waals surface area (Å²) in [6, 6.07) is 7.78. The Kier molecular flexibility index (Phi) is 9.97. The highest BCUT2D eigenvalue weighted by Crippen LogP contribution is 2.38. The molecule has 0 spiro atoms. The van der Waals surface area contributed by atoms with Crippen molar-refractivity contribution in [2.45, 2.75) is 36.9 Å². The van der Waals surface area contributed by atoms with Crippen LogP contribution >= 0.6 is 23.2 Å². The molecule has 1 atom stereocenters. The molecular weight excluding hydrogens is 621 g/mol. The molecule has 1 fully saturated rings. The quantitative estimate of drug-likeness (QED) is 0.155. The first kappa shape index (κ1) is 31.5. The number of rotatable bonds is 13. The number of aromatic nitrogens is 1. The molecule has 3 aromatic rings. The van der Waals surface area contributed by atoms with Crippen molar-refractivity contribution in [2.75, 3.05) is 20.8 Å². The predicted octanol–water partition coefficient (Wildman–Crippen LogP) is 5.07. The molecule has 1 aromatic heterocycles. The standard InChI is InChI=1S/C27H26Cl2F2N2O8S/c1-32-42(36,37)25-10-17(6-8-22(25)38-2)26(34)40-23(11-18-19(28)12-33(35)13-20(18)29)16-5-7-21(41-27(30)31)24(9-16)39-14-15-3-4-15/h5-10,12-13,15,23,27,32H,3-4,11,14H2,1-2H3/t23-/m0/s1. The second kappa shape index (κ2) is 13.3. The van der Waals surface area contributed by atoms with Gasteiger partial charge in [-0.05, 0) is 61.7 Å². The van der Waals surface area contributed by atoms with E-state index in [4.69, 9.17) is 37.4 Å². The van der Waals surface area contributed by atoms with Crippen LogP contribution in [0.4, 0.5) is 8.78 Å². The zero-order valence-electron chi connectivity index (χ0n) is 22.3. The van der Waals surface area contributed by atoms with Gasteiger partial charge in [0, 0.05) is 12.0 Å². The molecule has 0 radical (unpaired) electrons. The van der Waals surface area contributed by atoms with Gasteiger partial charge in [0.25, 0.3) is 0 Å². The van der Waals surface area contributed by atoms with Gasteiger partial charge in [-0.15, -0.1) is 0 Å². The molecule has 42 heavy (non-hydrogen) atoms. The van der Waals surface area contributed by atoms with Gasteiger partial charge in [-0.3, -0.25) is 0 Å². The number of carbonyl (C=O) groups is 1. The number of carbonyl (C=O) groups excluding carboxylic acids is 1. The lowest BCUT2D eigenvalue weighted by molar-refractivity contribution is -0.605. The van der Waals surface area contributed by atoms with E-state index >= 15 is 0 Å². The minimum absolute atomic E-state index is 0.00158. The van der Waals surface area contributed by atoms with Crippen LogP contribution in [-0.4, -0.2) is 41.8 Å². The van der Waals surface area contributed by atoms with Crippen molar-refractivity contribution >= 4 is 39.2 Å². The van der Waals surface area contributed by atoms with E-state index in [1.165, 1.54) is 44.5 Å². The van der Waals surface area contributed by atoms with E-state index in [2.05, 4.69) is 9.46 Å². The Morgan fingerprint density at radius 2 is 1.76 bits per heavy atom. The molecule has 1 saturated carbocycles. The fourth-order valence-electron chi connectivity index (χ4n) is 3.98. The Labute approximate surface area is 250 Å². The molecule has 0 bridgehead atoms. The third-order valence-corrected chi connectivity index (χ3v) is 8.47. The number of pyridine rings is 1. The summed E-state index contributed by atoms with van der Waals surface area (Å²) < 4.78 is 75.1. The molecule has 15 heteroatoms. The molecular formula is C27H26Cl2F2N2O8S. The Morgan fingerprint density at radius 3 is 2.36 bits per heavy atom. The molecule has 1 N–H and O–H groups in total. The monoisotopic (exact) mass is 646 g/mol. The maximum Gasteiger partial charge on any atom is 0.387 e. The molecule has 0 aliphatic heterocycles. The molecule has 0 saturated heterocycles. The van der Waals surface area contributed by atoms with Gasteiger partial charge in [0.2, 0.25) is 10.0 Å². The van der Waals surface area contributed by atoms with Crippen LogP contribution in [0.15, 0.2) is 53.7 Å². The number of ether oxygens (including phenoxy) is 4. The average Bonchev–Trinajstić information content (AvgIpc) is 3.77. The predicted molar refractivity (Wildman–Crippen MR) is 148 cm³/mol. The van der Waals surface area contributed by atoms with Crippen LogP contribution in [0, 0.1) is 11.1 Å². The number of esters is 1. The smallest absolute Gasteiger partial charge is 0.387 e. The first-order valence-electron chi connectivity index (χ1n) is 12.5. The van der Waals surface area contributed by atoms with Crippen LogP contribution in [0.3, 0.4) is 0 Å². The highest BCUT2D eigenvalue weighted by molar-refractivity contribution is 7.89. The summed E-state index contributed by atoms with van der Waals surface area (Å²) >= 11 is 12.6. The number of halogens is 4. The molecule has 226 valence electrons. The van der Waals surface area contributed by atoms with Gasteiger partial charge < -0.3 is 24.2 Å². The summed E-state index contributed by atoms with van der Waals surface area (Å²) in [7, 11) is -1.53. The van der Waals surface area contributed by atoms with Crippen molar-refractivity contribution in [3.8, 4) is 17.2 Å². The third-order valence-electron chi connectivity index (χ3n) is 6.38. The Morgan fingerprint density at radius 1 is 1.10 bits per heavy atom. The van der Waals surface area contributed by atoms with E-state index in [9.17, 15) is 27.2 Å². The molecule has 1 heterocycles. The number of benzene rings is 2. The number of hydrogen-bond acceptors (Lipinski definition) is 8. The van der Waals surface area contributed by atoms with Crippen molar-refractivity contribution in [1.29, 1.82) is 0 Å². The Bertz CT molecular complexity index is 1550. The fraction of sp³-hybridized carbons (Fsp3) is 0.333. The van der Waals surface area contributed by atoms with Crippen molar-refractivity contribution in [1.82, 2.24) is 4.72 Å². The van der Waals surface area contributed by atoms with Crippen LogP contribution < -0.4 is 23.7 Å². The SMILES string of the molecule is CNS(=O)(=O)c1cc(C(=O)O[C@@H](Cc2c(Cl)c[n+]([O-])cc2Cl)c2ccc(OC(F)F)c(OCC3CC3)c2)ccc1OC.